The van der Waals surface area contributed by atoms with Gasteiger partial charge in [-0.3, -0.25) is 4.79 Å². The van der Waals surface area contributed by atoms with Crippen molar-refractivity contribution in [2.75, 3.05) is 6.61 Å². The quantitative estimate of drug-likeness (QED) is 0.691. The number of carbonyl (C=O) groups excluding carboxylic acids is 2. The highest BCUT2D eigenvalue weighted by Gasteiger charge is 2.19. The van der Waals surface area contributed by atoms with Gasteiger partial charge in [0.25, 0.3) is 0 Å². The third-order valence-electron chi connectivity index (χ3n) is 4.10. The molecule has 0 unspecified atom stereocenters. The van der Waals surface area contributed by atoms with E-state index in [-0.39, 0.29) is 23.7 Å². The van der Waals surface area contributed by atoms with Crippen LogP contribution in [0.3, 0.4) is 0 Å². The number of para-hydroxylation sites is 1. The summed E-state index contributed by atoms with van der Waals surface area (Å²) in [6.45, 7) is 7.33. The summed E-state index contributed by atoms with van der Waals surface area (Å²) in [6.07, 6.45) is 0. The molecule has 0 aliphatic heterocycles. The zero-order valence-electron chi connectivity index (χ0n) is 13.8. The molecule has 1 N–H and O–H groups in total. The Kier molecular flexibility index (Phi) is 4.84. The average Bonchev–Trinajstić information content (AvgIpc) is 2.51. The normalized spacial score (nSPS) is 10.4. The van der Waals surface area contributed by atoms with Gasteiger partial charge in [0, 0.05) is 5.56 Å². The molecule has 0 saturated heterocycles. The average molecular weight is 312 g/mol. The molecule has 2 rings (SSSR count). The van der Waals surface area contributed by atoms with E-state index in [2.05, 4.69) is 0 Å². The summed E-state index contributed by atoms with van der Waals surface area (Å²) in [4.78, 5) is 24.4. The first-order chi connectivity index (χ1) is 10.8. The van der Waals surface area contributed by atoms with Crippen LogP contribution in [0.5, 0.6) is 5.75 Å². The summed E-state index contributed by atoms with van der Waals surface area (Å²) in [5, 5.41) is 9.64. The highest BCUT2D eigenvalue weighted by molar-refractivity contribution is 6.02. The molecule has 4 heteroatoms. The largest absolute Gasteiger partial charge is 0.507 e. The molecule has 0 aromatic heterocycles. The lowest BCUT2D eigenvalue weighted by atomic mass is 9.92. The fraction of sp³-hybridized carbons (Fsp3) is 0.263. The van der Waals surface area contributed by atoms with Gasteiger partial charge < -0.3 is 9.84 Å². The molecule has 23 heavy (non-hydrogen) atoms. The Labute approximate surface area is 135 Å². The van der Waals surface area contributed by atoms with Crippen molar-refractivity contribution in [1.29, 1.82) is 0 Å². The second kappa shape index (κ2) is 6.65. The van der Waals surface area contributed by atoms with E-state index in [0.717, 1.165) is 22.3 Å². The van der Waals surface area contributed by atoms with Gasteiger partial charge >= 0.3 is 5.97 Å². The number of aryl methyl sites for hydroxylation is 2. The number of hydrogen-bond acceptors (Lipinski definition) is 4. The third-order valence-corrected chi connectivity index (χ3v) is 4.10. The van der Waals surface area contributed by atoms with Gasteiger partial charge in [0.15, 0.2) is 6.61 Å². The van der Waals surface area contributed by atoms with Gasteiger partial charge in [-0.1, -0.05) is 18.2 Å². The number of ketones is 1. The number of carbonyl (C=O) groups is 2. The minimum absolute atomic E-state index is 0.0502. The SMILES string of the molecule is Cc1cc(C)c(C)c(C(=O)COC(=O)c2ccccc2O)c1C. The number of phenolic OH excluding ortho intramolecular Hbond substituents is 1. The molecule has 0 atom stereocenters. The molecule has 2 aromatic carbocycles. The number of esters is 1. The van der Waals surface area contributed by atoms with Gasteiger partial charge in [0.2, 0.25) is 5.78 Å². The number of hydrogen-bond donors (Lipinski definition) is 1. The topological polar surface area (TPSA) is 63.6 Å². The van der Waals surface area contributed by atoms with Crippen molar-refractivity contribution in [2.24, 2.45) is 0 Å². The first-order valence-corrected chi connectivity index (χ1v) is 7.38. The van der Waals surface area contributed by atoms with E-state index in [1.807, 2.05) is 33.8 Å². The molecule has 0 fully saturated rings. The Balaban J connectivity index is 2.18. The maximum Gasteiger partial charge on any atom is 0.342 e. The van der Waals surface area contributed by atoms with Crippen molar-refractivity contribution in [3.05, 3.63) is 63.7 Å². The van der Waals surface area contributed by atoms with E-state index in [4.69, 9.17) is 4.74 Å². The molecular formula is C19H20O4. The van der Waals surface area contributed by atoms with Gasteiger partial charge in [-0.05, 0) is 62.1 Å². The van der Waals surface area contributed by atoms with E-state index in [9.17, 15) is 14.7 Å². The van der Waals surface area contributed by atoms with Crippen LogP contribution < -0.4 is 0 Å². The summed E-state index contributed by atoms with van der Waals surface area (Å²) < 4.78 is 5.07. The Morgan fingerprint density at radius 3 is 2.13 bits per heavy atom. The number of rotatable bonds is 4. The van der Waals surface area contributed by atoms with Crippen LogP contribution in [-0.4, -0.2) is 23.5 Å². The molecule has 0 heterocycles. The standard InChI is InChI=1S/C19H20O4/c1-11-9-12(2)14(4)18(13(11)3)17(21)10-23-19(22)15-7-5-6-8-16(15)20/h5-9,20H,10H2,1-4H3. The number of benzene rings is 2. The van der Waals surface area contributed by atoms with Crippen LogP contribution in [-0.2, 0) is 4.74 Å². The first-order valence-electron chi connectivity index (χ1n) is 7.38. The fourth-order valence-electron chi connectivity index (χ4n) is 2.56. The van der Waals surface area contributed by atoms with E-state index in [0.29, 0.717) is 5.56 Å². The van der Waals surface area contributed by atoms with E-state index < -0.39 is 5.97 Å². The van der Waals surface area contributed by atoms with Crippen LogP contribution in [0.4, 0.5) is 0 Å². The number of phenols is 1. The lowest BCUT2D eigenvalue weighted by Gasteiger charge is -2.14. The summed E-state index contributed by atoms with van der Waals surface area (Å²) in [7, 11) is 0. The molecule has 0 aliphatic carbocycles. The second-order valence-corrected chi connectivity index (χ2v) is 5.65. The van der Waals surface area contributed by atoms with Gasteiger partial charge in [-0.25, -0.2) is 4.79 Å². The molecule has 0 saturated carbocycles. The van der Waals surface area contributed by atoms with Crippen LogP contribution in [0.25, 0.3) is 0 Å². The first kappa shape index (κ1) is 16.7. The number of Topliss-reactive ketones (excluding diaryl/α,β-unsaturated/α-hetero) is 1. The number of aromatic hydroxyl groups is 1. The maximum absolute atomic E-state index is 12.5. The zero-order valence-corrected chi connectivity index (χ0v) is 13.8. The lowest BCUT2D eigenvalue weighted by Crippen LogP contribution is -2.17. The van der Waals surface area contributed by atoms with Crippen molar-refractivity contribution in [2.45, 2.75) is 27.7 Å². The molecule has 120 valence electrons. The van der Waals surface area contributed by atoms with Crippen molar-refractivity contribution >= 4 is 11.8 Å². The molecule has 2 aromatic rings. The fourth-order valence-corrected chi connectivity index (χ4v) is 2.56. The summed E-state index contributed by atoms with van der Waals surface area (Å²) in [5.41, 5.74) is 4.52. The van der Waals surface area contributed by atoms with Crippen LogP contribution in [0.1, 0.15) is 43.0 Å². The van der Waals surface area contributed by atoms with Gasteiger partial charge in [0.1, 0.15) is 11.3 Å². The Hall–Kier alpha value is -2.62. The van der Waals surface area contributed by atoms with E-state index >= 15 is 0 Å². The van der Waals surface area contributed by atoms with Crippen molar-refractivity contribution in [1.82, 2.24) is 0 Å². The monoisotopic (exact) mass is 312 g/mol. The Bertz CT molecular complexity index is 749. The highest BCUT2D eigenvalue weighted by atomic mass is 16.5. The van der Waals surface area contributed by atoms with Crippen LogP contribution in [0.2, 0.25) is 0 Å². The molecule has 0 spiro atoms. The minimum Gasteiger partial charge on any atom is -0.507 e. The number of ether oxygens (including phenoxy) is 1. The smallest absolute Gasteiger partial charge is 0.342 e. The van der Waals surface area contributed by atoms with Crippen molar-refractivity contribution < 1.29 is 19.4 Å². The second-order valence-electron chi connectivity index (χ2n) is 5.65. The summed E-state index contributed by atoms with van der Waals surface area (Å²) in [6, 6.07) is 8.12. The predicted octanol–water partition coefficient (Wildman–Crippen LogP) is 3.67. The lowest BCUT2D eigenvalue weighted by molar-refractivity contribution is 0.0471. The Morgan fingerprint density at radius 1 is 1.00 bits per heavy atom. The zero-order chi connectivity index (χ0) is 17.1. The summed E-state index contributed by atoms with van der Waals surface area (Å²) >= 11 is 0. The molecule has 0 radical (unpaired) electrons. The maximum atomic E-state index is 12.5. The molecule has 0 amide bonds. The summed E-state index contributed by atoms with van der Waals surface area (Å²) in [5.74, 6) is -1.12. The predicted molar refractivity (Wildman–Crippen MR) is 88.1 cm³/mol. The van der Waals surface area contributed by atoms with Gasteiger partial charge in [-0.15, -0.1) is 0 Å². The third kappa shape index (κ3) is 3.42. The molecule has 0 aliphatic rings. The van der Waals surface area contributed by atoms with Gasteiger partial charge in [0.05, 0.1) is 0 Å². The van der Waals surface area contributed by atoms with Crippen LogP contribution in [0.15, 0.2) is 30.3 Å². The Morgan fingerprint density at radius 2 is 1.57 bits per heavy atom. The van der Waals surface area contributed by atoms with Crippen LogP contribution in [0, 0.1) is 27.7 Å². The van der Waals surface area contributed by atoms with Crippen molar-refractivity contribution in [3.63, 3.8) is 0 Å². The molecule has 4 nitrogen and oxygen atoms in total. The van der Waals surface area contributed by atoms with Crippen molar-refractivity contribution in [3.8, 4) is 5.75 Å². The molecular weight excluding hydrogens is 292 g/mol. The highest BCUT2D eigenvalue weighted by Crippen LogP contribution is 2.22. The van der Waals surface area contributed by atoms with Gasteiger partial charge in [-0.2, -0.15) is 0 Å². The van der Waals surface area contributed by atoms with E-state index in [1.165, 1.54) is 12.1 Å². The minimum atomic E-state index is -0.712. The van der Waals surface area contributed by atoms with E-state index in [1.54, 1.807) is 12.1 Å². The molecule has 0 bridgehead atoms. The van der Waals surface area contributed by atoms with Crippen LogP contribution >= 0.6 is 0 Å².